The Morgan fingerprint density at radius 3 is 2.41 bits per heavy atom. The number of imidazole rings is 1. The minimum Gasteiger partial charge on any atom is -0.389 e. The zero-order valence-corrected chi connectivity index (χ0v) is 18.8. The van der Waals surface area contributed by atoms with Crippen molar-refractivity contribution in [2.75, 3.05) is 6.61 Å². The van der Waals surface area contributed by atoms with Crippen molar-refractivity contribution < 1.29 is 18.3 Å². The number of halogens is 1. The van der Waals surface area contributed by atoms with E-state index in [1.807, 2.05) is 36.4 Å². The molecule has 1 N–H and O–H groups in total. The highest BCUT2D eigenvalue weighted by molar-refractivity contribution is 7.90. The Labute approximate surface area is 192 Å². The van der Waals surface area contributed by atoms with Crippen molar-refractivity contribution in [2.45, 2.75) is 29.9 Å². The molecule has 0 aliphatic heterocycles. The highest BCUT2D eigenvalue weighted by atomic mass is 35.5. The molecule has 0 aliphatic rings. The van der Waals surface area contributed by atoms with Crippen molar-refractivity contribution >= 4 is 32.5 Å². The van der Waals surface area contributed by atoms with Crippen LogP contribution in [0.15, 0.2) is 83.8 Å². The van der Waals surface area contributed by atoms with Crippen LogP contribution in [0.3, 0.4) is 0 Å². The second-order valence-corrected chi connectivity index (χ2v) is 9.92. The number of aliphatic hydroxyl groups is 1. The average Bonchev–Trinajstić information content (AvgIpc) is 3.12. The Balaban J connectivity index is 1.50. The molecule has 0 amide bonds. The van der Waals surface area contributed by atoms with E-state index in [-0.39, 0.29) is 23.8 Å². The van der Waals surface area contributed by atoms with E-state index >= 15 is 0 Å². The largest absolute Gasteiger partial charge is 0.389 e. The molecule has 0 saturated carbocycles. The van der Waals surface area contributed by atoms with Gasteiger partial charge in [-0.25, -0.2) is 13.4 Å². The molecule has 8 heteroatoms. The van der Waals surface area contributed by atoms with Crippen molar-refractivity contribution in [2.24, 2.45) is 0 Å². The number of ether oxygens (including phenoxy) is 1. The molecule has 32 heavy (non-hydrogen) atoms. The summed E-state index contributed by atoms with van der Waals surface area (Å²) in [5, 5.41) is 11.2. The Bertz CT molecular complexity index is 1290. The van der Waals surface area contributed by atoms with Gasteiger partial charge >= 0.3 is 0 Å². The van der Waals surface area contributed by atoms with Gasteiger partial charge in [0.1, 0.15) is 11.6 Å². The van der Waals surface area contributed by atoms with Gasteiger partial charge in [-0.3, -0.25) is 0 Å². The number of nitrogens with zero attached hydrogens (tertiary/aromatic N) is 2. The summed E-state index contributed by atoms with van der Waals surface area (Å²) >= 11 is 5.89. The molecule has 0 saturated heterocycles. The molecule has 0 radical (unpaired) electrons. The van der Waals surface area contributed by atoms with E-state index in [9.17, 15) is 13.5 Å². The van der Waals surface area contributed by atoms with E-state index in [2.05, 4.69) is 4.98 Å². The Kier molecular flexibility index (Phi) is 6.91. The monoisotopic (exact) mass is 470 g/mol. The first kappa shape index (κ1) is 22.5. The second kappa shape index (κ2) is 9.83. The quantitative estimate of drug-likeness (QED) is 0.395. The zero-order chi connectivity index (χ0) is 22.6. The third kappa shape index (κ3) is 5.37. The number of rotatable bonds is 9. The highest BCUT2D eigenvalue weighted by Gasteiger charge is 2.21. The number of benzene rings is 3. The number of aliphatic hydroxyl groups excluding tert-OH is 1. The van der Waals surface area contributed by atoms with Crippen LogP contribution in [0.4, 0.5) is 0 Å². The third-order valence-electron chi connectivity index (χ3n) is 5.04. The molecule has 0 fully saturated rings. The fourth-order valence-electron chi connectivity index (χ4n) is 3.48. The summed E-state index contributed by atoms with van der Waals surface area (Å²) < 4.78 is 33.2. The summed E-state index contributed by atoms with van der Waals surface area (Å²) in [5.41, 5.74) is 2.40. The van der Waals surface area contributed by atoms with Gasteiger partial charge in [0, 0.05) is 5.02 Å². The van der Waals surface area contributed by atoms with Crippen LogP contribution in [0.1, 0.15) is 11.4 Å². The topological polar surface area (TPSA) is 81.4 Å². The van der Waals surface area contributed by atoms with Gasteiger partial charge in [-0.05, 0) is 42.0 Å². The minimum atomic E-state index is -3.58. The van der Waals surface area contributed by atoms with Gasteiger partial charge in [-0.15, -0.1) is 0 Å². The van der Waals surface area contributed by atoms with E-state index in [0.717, 1.165) is 11.1 Å². The third-order valence-corrected chi connectivity index (χ3v) is 6.92. The molecule has 3 aromatic carbocycles. The first-order valence-electron chi connectivity index (χ1n) is 10.1. The fourth-order valence-corrected chi connectivity index (χ4v) is 4.90. The van der Waals surface area contributed by atoms with Crippen LogP contribution >= 0.6 is 11.6 Å². The van der Waals surface area contributed by atoms with Crippen molar-refractivity contribution in [1.82, 2.24) is 9.55 Å². The summed E-state index contributed by atoms with van der Waals surface area (Å²) in [4.78, 5) is 4.77. The van der Waals surface area contributed by atoms with E-state index < -0.39 is 15.9 Å². The number of fused-ring (bicyclic) bond motifs is 1. The lowest BCUT2D eigenvalue weighted by Gasteiger charge is -2.15. The molecule has 166 valence electrons. The van der Waals surface area contributed by atoms with Gasteiger partial charge in [0.15, 0.2) is 9.84 Å². The fraction of sp³-hybridized carbons (Fsp3) is 0.208. The van der Waals surface area contributed by atoms with Crippen LogP contribution in [0.2, 0.25) is 5.02 Å². The van der Waals surface area contributed by atoms with Gasteiger partial charge in [-0.1, -0.05) is 54.1 Å². The van der Waals surface area contributed by atoms with E-state index in [1.165, 1.54) is 0 Å². The first-order valence-corrected chi connectivity index (χ1v) is 12.2. The molecule has 1 atom stereocenters. The maximum Gasteiger partial charge on any atom is 0.185 e. The van der Waals surface area contributed by atoms with Crippen LogP contribution in [0, 0.1) is 0 Å². The molecule has 0 aliphatic carbocycles. The van der Waals surface area contributed by atoms with E-state index in [0.29, 0.717) is 23.0 Å². The lowest BCUT2D eigenvalue weighted by Crippen LogP contribution is -2.24. The summed E-state index contributed by atoms with van der Waals surface area (Å²) in [6.45, 7) is 0.606. The lowest BCUT2D eigenvalue weighted by molar-refractivity contribution is 0.0206. The van der Waals surface area contributed by atoms with E-state index in [4.69, 9.17) is 16.3 Å². The number of sulfone groups is 1. The molecule has 1 heterocycles. The Hall–Kier alpha value is -2.71. The van der Waals surface area contributed by atoms with Crippen LogP contribution < -0.4 is 0 Å². The minimum absolute atomic E-state index is 0.0972. The Morgan fingerprint density at radius 1 is 0.969 bits per heavy atom. The van der Waals surface area contributed by atoms with Gasteiger partial charge in [-0.2, -0.15) is 0 Å². The molecule has 0 bridgehead atoms. The summed E-state index contributed by atoms with van der Waals surface area (Å²) in [5.74, 6) is 0.121. The van der Waals surface area contributed by atoms with Crippen LogP contribution in [-0.4, -0.2) is 35.8 Å². The van der Waals surface area contributed by atoms with E-state index in [1.54, 1.807) is 47.0 Å². The SMILES string of the molecule is O=S(=O)(Cc1nc2ccccc2n1CC(O)COCc1ccc(Cl)cc1)c1ccccc1. The molecule has 6 nitrogen and oxygen atoms in total. The van der Waals surface area contributed by atoms with Crippen molar-refractivity contribution in [3.63, 3.8) is 0 Å². The normalized spacial score (nSPS) is 12.8. The number of aromatic nitrogens is 2. The average molecular weight is 471 g/mol. The maximum atomic E-state index is 12.9. The number of hydrogen-bond donors (Lipinski definition) is 1. The summed E-state index contributed by atoms with van der Waals surface area (Å²) in [6.07, 6.45) is -0.835. The first-order chi connectivity index (χ1) is 15.4. The molecule has 1 unspecified atom stereocenters. The van der Waals surface area contributed by atoms with Gasteiger partial charge in [0.2, 0.25) is 0 Å². The van der Waals surface area contributed by atoms with Crippen molar-refractivity contribution in [3.8, 4) is 0 Å². The van der Waals surface area contributed by atoms with Crippen molar-refractivity contribution in [3.05, 3.63) is 95.3 Å². The number of para-hydroxylation sites is 2. The molecular weight excluding hydrogens is 448 g/mol. The predicted molar refractivity (Wildman–Crippen MR) is 124 cm³/mol. The summed E-state index contributed by atoms with van der Waals surface area (Å²) in [7, 11) is -3.58. The maximum absolute atomic E-state index is 12.9. The van der Waals surface area contributed by atoms with Gasteiger partial charge < -0.3 is 14.4 Å². The standard InChI is InChI=1S/C24H23ClN2O4S/c25-19-12-10-18(11-13-19)15-31-16-20(28)14-27-23-9-5-4-8-22(23)26-24(27)17-32(29,30)21-6-2-1-3-7-21/h1-13,20,28H,14-17H2. The Morgan fingerprint density at radius 2 is 1.66 bits per heavy atom. The van der Waals surface area contributed by atoms with Crippen molar-refractivity contribution in [1.29, 1.82) is 0 Å². The van der Waals surface area contributed by atoms with Gasteiger partial charge in [0.05, 0.1) is 41.8 Å². The predicted octanol–water partition coefficient (Wildman–Crippen LogP) is 4.24. The second-order valence-electron chi connectivity index (χ2n) is 7.49. The van der Waals surface area contributed by atoms with Crippen LogP contribution in [-0.2, 0) is 33.5 Å². The molecule has 0 spiro atoms. The van der Waals surface area contributed by atoms with Gasteiger partial charge in [0.25, 0.3) is 0 Å². The van der Waals surface area contributed by atoms with Crippen LogP contribution in [0.5, 0.6) is 0 Å². The molecular formula is C24H23ClN2O4S. The molecule has 4 rings (SSSR count). The zero-order valence-electron chi connectivity index (χ0n) is 17.3. The molecule has 1 aromatic heterocycles. The van der Waals surface area contributed by atoms with Crippen LogP contribution in [0.25, 0.3) is 11.0 Å². The number of hydrogen-bond acceptors (Lipinski definition) is 5. The highest BCUT2D eigenvalue weighted by Crippen LogP contribution is 2.21. The summed E-state index contributed by atoms with van der Waals surface area (Å²) in [6, 6.07) is 23.0. The smallest absolute Gasteiger partial charge is 0.185 e. The molecule has 4 aromatic rings. The lowest BCUT2D eigenvalue weighted by atomic mass is 10.2.